The molecule has 0 saturated carbocycles. The van der Waals surface area contributed by atoms with E-state index in [1.807, 2.05) is 6.20 Å². The third kappa shape index (κ3) is 5.65. The van der Waals surface area contributed by atoms with E-state index in [0.29, 0.717) is 12.6 Å². The molecule has 4 heterocycles. The molecule has 1 aliphatic heterocycles. The van der Waals surface area contributed by atoms with Gasteiger partial charge in [-0.3, -0.25) is 10.00 Å². The van der Waals surface area contributed by atoms with Gasteiger partial charge in [-0.15, -0.1) is 11.3 Å². The highest BCUT2D eigenvalue weighted by atomic mass is 32.1. The maximum atomic E-state index is 11.2. The van der Waals surface area contributed by atoms with Crippen LogP contribution in [0.2, 0.25) is 0 Å². The van der Waals surface area contributed by atoms with Crippen molar-refractivity contribution in [1.29, 1.82) is 0 Å². The lowest BCUT2D eigenvalue weighted by atomic mass is 9.86. The summed E-state index contributed by atoms with van der Waals surface area (Å²) in [6, 6.07) is 5.02. The Morgan fingerprint density at radius 3 is 2.80 bits per heavy atom. The lowest BCUT2D eigenvalue weighted by molar-refractivity contribution is -0.0496. The number of aliphatic hydroxyl groups is 1. The molecule has 2 atom stereocenters. The maximum Gasteiger partial charge on any atom is 0.142 e. The zero-order chi connectivity index (χ0) is 28.5. The topological polar surface area (TPSA) is 106 Å². The SMILES string of the molecule is CCN(CCOC)C(O)[C@H]1CCc2c(sc3ncnc(Nc4cc5cn[nH]c5cc4N4CCC(N(C)C)CC4)c23)C1. The van der Waals surface area contributed by atoms with Crippen molar-refractivity contribution in [2.24, 2.45) is 5.92 Å². The summed E-state index contributed by atoms with van der Waals surface area (Å²) in [5, 5.41) is 24.6. The number of hydrogen-bond donors (Lipinski definition) is 3. The predicted molar refractivity (Wildman–Crippen MR) is 166 cm³/mol. The highest BCUT2D eigenvalue weighted by Gasteiger charge is 2.32. The number of nitrogens with zero attached hydrogens (tertiary/aromatic N) is 6. The van der Waals surface area contributed by atoms with E-state index in [9.17, 15) is 5.11 Å². The van der Waals surface area contributed by atoms with Gasteiger partial charge >= 0.3 is 0 Å². The second-order valence-corrected chi connectivity index (χ2v) is 12.7. The number of aryl methyl sites for hydroxylation is 1. The molecule has 10 nitrogen and oxygen atoms in total. The van der Waals surface area contributed by atoms with E-state index < -0.39 is 6.23 Å². The van der Waals surface area contributed by atoms with E-state index in [0.717, 1.165) is 90.9 Å². The number of ether oxygens (including phenoxy) is 1. The molecular weight excluding hydrogens is 536 g/mol. The molecule has 0 amide bonds. The first-order valence-corrected chi connectivity index (χ1v) is 15.6. The standard InChI is InChI=1S/C30H42N8O2S/c1-5-37(12-13-40-4)30(39)19-6-7-22-26(15-19)41-29-27(22)28(31-18-32-29)34-24-14-20-17-33-35-23(20)16-25(24)38-10-8-21(9-11-38)36(2)3/h14,16-19,21,30,39H,5-13,15H2,1-4H3,(H,33,35)(H,31,32,34)/t19-,30?/m0/s1. The molecule has 4 aromatic rings. The average molecular weight is 579 g/mol. The summed E-state index contributed by atoms with van der Waals surface area (Å²) in [6.45, 7) is 6.27. The Hall–Kier alpha value is -2.83. The Labute approximate surface area is 245 Å². The van der Waals surface area contributed by atoms with Crippen LogP contribution in [-0.4, -0.2) is 101 Å². The van der Waals surface area contributed by atoms with Gasteiger partial charge < -0.3 is 25.0 Å². The minimum Gasteiger partial charge on any atom is -0.383 e. The van der Waals surface area contributed by atoms with Crippen LogP contribution >= 0.6 is 11.3 Å². The van der Waals surface area contributed by atoms with Gasteiger partial charge in [0.05, 0.1) is 35.1 Å². The molecular formula is C30H42N8O2S. The molecule has 0 radical (unpaired) electrons. The second kappa shape index (κ2) is 12.2. The van der Waals surface area contributed by atoms with Gasteiger partial charge in [0.15, 0.2) is 0 Å². The lowest BCUT2D eigenvalue weighted by Gasteiger charge is -2.37. The monoisotopic (exact) mass is 578 g/mol. The van der Waals surface area contributed by atoms with E-state index in [4.69, 9.17) is 9.72 Å². The quantitative estimate of drug-likeness (QED) is 0.238. The summed E-state index contributed by atoms with van der Waals surface area (Å²) in [7, 11) is 6.06. The molecule has 1 unspecified atom stereocenters. The minimum absolute atomic E-state index is 0.192. The molecule has 1 aliphatic carbocycles. The van der Waals surface area contributed by atoms with E-state index in [1.165, 1.54) is 16.1 Å². The van der Waals surface area contributed by atoms with Crippen molar-refractivity contribution < 1.29 is 9.84 Å². The van der Waals surface area contributed by atoms with Crippen molar-refractivity contribution in [3.8, 4) is 0 Å². The normalized spacial score (nSPS) is 19.0. The fourth-order valence-electron chi connectivity index (χ4n) is 6.56. The number of hydrogen-bond acceptors (Lipinski definition) is 10. The van der Waals surface area contributed by atoms with Crippen molar-refractivity contribution in [2.75, 3.05) is 64.2 Å². The third-order valence-electron chi connectivity index (χ3n) is 9.01. The molecule has 0 spiro atoms. The molecule has 1 fully saturated rings. The molecule has 6 rings (SSSR count). The van der Waals surface area contributed by atoms with Gasteiger partial charge in [-0.2, -0.15) is 5.10 Å². The van der Waals surface area contributed by atoms with E-state index >= 15 is 0 Å². The number of piperidine rings is 1. The van der Waals surface area contributed by atoms with Gasteiger partial charge in [0.25, 0.3) is 0 Å². The number of anilines is 3. The number of aromatic nitrogens is 4. The van der Waals surface area contributed by atoms with Crippen molar-refractivity contribution in [2.45, 2.75) is 51.3 Å². The molecule has 1 saturated heterocycles. The fourth-order valence-corrected chi connectivity index (χ4v) is 7.84. The van der Waals surface area contributed by atoms with Crippen LogP contribution < -0.4 is 10.2 Å². The van der Waals surface area contributed by atoms with Crippen LogP contribution in [0.5, 0.6) is 0 Å². The molecule has 220 valence electrons. The zero-order valence-corrected chi connectivity index (χ0v) is 25.4. The van der Waals surface area contributed by atoms with Gasteiger partial charge in [0, 0.05) is 49.0 Å². The molecule has 3 N–H and O–H groups in total. The summed E-state index contributed by atoms with van der Waals surface area (Å²) in [5.74, 6) is 1.05. The van der Waals surface area contributed by atoms with Crippen molar-refractivity contribution >= 4 is 49.6 Å². The van der Waals surface area contributed by atoms with Crippen LogP contribution in [0, 0.1) is 5.92 Å². The van der Waals surface area contributed by atoms with Crippen LogP contribution in [0.4, 0.5) is 17.2 Å². The number of thiophene rings is 1. The van der Waals surface area contributed by atoms with Crippen molar-refractivity contribution in [1.82, 2.24) is 30.0 Å². The molecule has 1 aromatic carbocycles. The predicted octanol–water partition coefficient (Wildman–Crippen LogP) is 4.23. The van der Waals surface area contributed by atoms with Crippen molar-refractivity contribution in [3.63, 3.8) is 0 Å². The lowest BCUT2D eigenvalue weighted by Crippen LogP contribution is -2.43. The average Bonchev–Trinajstić information content (AvgIpc) is 3.61. The maximum absolute atomic E-state index is 11.2. The van der Waals surface area contributed by atoms with Crippen LogP contribution in [0.15, 0.2) is 24.7 Å². The zero-order valence-electron chi connectivity index (χ0n) is 24.6. The van der Waals surface area contributed by atoms with Crippen LogP contribution in [-0.2, 0) is 17.6 Å². The number of methoxy groups -OCH3 is 1. The van der Waals surface area contributed by atoms with Crippen LogP contribution in [0.25, 0.3) is 21.1 Å². The number of rotatable bonds is 10. The van der Waals surface area contributed by atoms with Gasteiger partial charge in [0.2, 0.25) is 0 Å². The highest BCUT2D eigenvalue weighted by Crippen LogP contribution is 2.43. The number of likely N-dealkylation sites (N-methyl/N-ethyl adjacent to an activating group) is 1. The van der Waals surface area contributed by atoms with Gasteiger partial charge in [-0.05, 0) is 70.4 Å². The van der Waals surface area contributed by atoms with E-state index in [-0.39, 0.29) is 5.92 Å². The largest absolute Gasteiger partial charge is 0.383 e. The van der Waals surface area contributed by atoms with Gasteiger partial charge in [-0.25, -0.2) is 9.97 Å². The third-order valence-corrected chi connectivity index (χ3v) is 10.2. The number of nitrogens with one attached hydrogen (secondary N) is 2. The smallest absolute Gasteiger partial charge is 0.142 e. The van der Waals surface area contributed by atoms with Gasteiger partial charge in [0.1, 0.15) is 23.2 Å². The number of fused-ring (bicyclic) bond motifs is 4. The number of benzene rings is 1. The first-order chi connectivity index (χ1) is 20.0. The molecule has 11 heteroatoms. The van der Waals surface area contributed by atoms with Crippen LogP contribution in [0.1, 0.15) is 36.6 Å². The van der Waals surface area contributed by atoms with Crippen molar-refractivity contribution in [3.05, 3.63) is 35.1 Å². The van der Waals surface area contributed by atoms with Crippen LogP contribution in [0.3, 0.4) is 0 Å². The summed E-state index contributed by atoms with van der Waals surface area (Å²) < 4.78 is 5.27. The summed E-state index contributed by atoms with van der Waals surface area (Å²) in [5.41, 5.74) is 4.59. The Bertz CT molecular complexity index is 1480. The molecule has 41 heavy (non-hydrogen) atoms. The fraction of sp³-hybridized carbons (Fsp3) is 0.567. The second-order valence-electron chi connectivity index (χ2n) is 11.6. The molecule has 2 aliphatic rings. The Morgan fingerprint density at radius 2 is 2.05 bits per heavy atom. The molecule has 3 aromatic heterocycles. The first-order valence-electron chi connectivity index (χ1n) is 14.8. The number of aliphatic hydroxyl groups excluding tert-OH is 1. The Balaban J connectivity index is 1.29. The molecule has 0 bridgehead atoms. The first kappa shape index (κ1) is 28.3. The summed E-state index contributed by atoms with van der Waals surface area (Å²) in [4.78, 5) is 18.7. The number of aromatic amines is 1. The van der Waals surface area contributed by atoms with E-state index in [2.05, 4.69) is 68.3 Å². The highest BCUT2D eigenvalue weighted by molar-refractivity contribution is 7.19. The number of H-pyrrole nitrogens is 1. The Morgan fingerprint density at radius 1 is 1.22 bits per heavy atom. The minimum atomic E-state index is -0.474. The summed E-state index contributed by atoms with van der Waals surface area (Å²) >= 11 is 1.75. The Kier molecular flexibility index (Phi) is 8.41. The summed E-state index contributed by atoms with van der Waals surface area (Å²) in [6.07, 6.45) is 8.04. The van der Waals surface area contributed by atoms with Gasteiger partial charge in [-0.1, -0.05) is 6.92 Å². The van der Waals surface area contributed by atoms with E-state index in [1.54, 1.807) is 24.8 Å².